The molecule has 300 valence electrons. The second kappa shape index (κ2) is 14.9. The molecule has 7 aromatic carbocycles. The fourth-order valence-corrected chi connectivity index (χ4v) is 8.72. The van der Waals surface area contributed by atoms with Gasteiger partial charge < -0.3 is 14.5 Å². The molecule has 0 saturated heterocycles. The van der Waals surface area contributed by atoms with E-state index in [2.05, 4.69) is 226 Å². The van der Waals surface area contributed by atoms with E-state index in [0.29, 0.717) is 6.67 Å². The van der Waals surface area contributed by atoms with Crippen LogP contribution in [0.25, 0.3) is 49.9 Å². The van der Waals surface area contributed by atoms with Crippen LogP contribution in [0.3, 0.4) is 0 Å². The number of rotatable bonds is 7. The van der Waals surface area contributed by atoms with Gasteiger partial charge in [0.2, 0.25) is 0 Å². The minimum absolute atomic E-state index is 0.00410. The highest BCUT2D eigenvalue weighted by molar-refractivity contribution is 6.09. The van der Waals surface area contributed by atoms with Gasteiger partial charge in [0.1, 0.15) is 24.0 Å². The van der Waals surface area contributed by atoms with Crippen molar-refractivity contribution >= 4 is 44.6 Å². The lowest BCUT2D eigenvalue weighted by Crippen LogP contribution is -2.25. The molecule has 0 aliphatic carbocycles. The second-order valence-electron chi connectivity index (χ2n) is 18.2. The van der Waals surface area contributed by atoms with Crippen LogP contribution in [0.5, 0.6) is 11.5 Å². The first-order valence-electron chi connectivity index (χ1n) is 21.2. The van der Waals surface area contributed by atoms with Crippen LogP contribution < -0.4 is 14.5 Å². The van der Waals surface area contributed by atoms with Gasteiger partial charge in [-0.2, -0.15) is 0 Å². The van der Waals surface area contributed by atoms with Crippen molar-refractivity contribution in [3.8, 4) is 39.6 Å². The molecule has 2 aromatic heterocycles. The van der Waals surface area contributed by atoms with Gasteiger partial charge in [0.25, 0.3) is 0 Å². The number of aromatic nitrogens is 2. The zero-order chi connectivity index (χ0) is 41.9. The van der Waals surface area contributed by atoms with E-state index in [4.69, 9.17) is 9.72 Å². The zero-order valence-electron chi connectivity index (χ0n) is 35.7. The Bertz CT molecular complexity index is 3080. The average Bonchev–Trinajstić information content (AvgIpc) is 3.82. The standard InChI is InChI=1S/C56H50N4O/c1-55(2,3)41-26-28-46(40-19-14-18-39(32-40)38-16-8-7-9-17-38)52(33-41)59-37-58(50-24-12-13-25-51(50)59)43-20-15-21-44(35-43)61-45-27-29-48-47-22-10-11-23-49(47)60(53(48)36-45)54-34-42(30-31-57-54)56(4,5)6/h7-36H,37H2,1-6H3. The number of nitrogens with zero attached hydrogens (tertiary/aromatic N) is 4. The number of ether oxygens (including phenoxy) is 1. The minimum Gasteiger partial charge on any atom is -0.457 e. The van der Waals surface area contributed by atoms with Crippen molar-refractivity contribution in [2.75, 3.05) is 16.5 Å². The van der Waals surface area contributed by atoms with Crippen molar-refractivity contribution in [1.29, 1.82) is 0 Å². The van der Waals surface area contributed by atoms with E-state index >= 15 is 0 Å². The fourth-order valence-electron chi connectivity index (χ4n) is 8.72. The minimum atomic E-state index is -0.0197. The van der Waals surface area contributed by atoms with Gasteiger partial charge in [-0.05, 0) is 105 Å². The number of hydrogen-bond donors (Lipinski definition) is 0. The molecule has 1 aliphatic rings. The molecule has 0 fully saturated rings. The van der Waals surface area contributed by atoms with Gasteiger partial charge in [0, 0.05) is 40.4 Å². The largest absolute Gasteiger partial charge is 0.457 e. The molecule has 0 amide bonds. The number of fused-ring (bicyclic) bond motifs is 4. The Morgan fingerprint density at radius 2 is 1.11 bits per heavy atom. The van der Waals surface area contributed by atoms with Crippen molar-refractivity contribution < 1.29 is 4.74 Å². The predicted molar refractivity (Wildman–Crippen MR) is 255 cm³/mol. The summed E-state index contributed by atoms with van der Waals surface area (Å²) in [5.41, 5.74) is 14.1. The van der Waals surface area contributed by atoms with Gasteiger partial charge in [-0.25, -0.2) is 4.98 Å². The lowest BCUT2D eigenvalue weighted by molar-refractivity contribution is 0.483. The van der Waals surface area contributed by atoms with Crippen molar-refractivity contribution in [3.05, 3.63) is 193 Å². The van der Waals surface area contributed by atoms with E-state index in [1.807, 2.05) is 12.3 Å². The molecule has 0 saturated carbocycles. The summed E-state index contributed by atoms with van der Waals surface area (Å²) < 4.78 is 9.02. The van der Waals surface area contributed by atoms with E-state index in [1.165, 1.54) is 50.1 Å². The molecule has 0 radical (unpaired) electrons. The van der Waals surface area contributed by atoms with Crippen LogP contribution in [0.1, 0.15) is 52.7 Å². The smallest absolute Gasteiger partial charge is 0.137 e. The summed E-state index contributed by atoms with van der Waals surface area (Å²) in [6.07, 6.45) is 1.92. The van der Waals surface area contributed by atoms with Crippen LogP contribution in [-0.2, 0) is 10.8 Å². The predicted octanol–water partition coefficient (Wildman–Crippen LogP) is 15.1. The molecule has 1 aliphatic heterocycles. The highest BCUT2D eigenvalue weighted by Gasteiger charge is 2.31. The van der Waals surface area contributed by atoms with Crippen LogP contribution in [0, 0.1) is 0 Å². The second-order valence-corrected chi connectivity index (χ2v) is 18.2. The van der Waals surface area contributed by atoms with Crippen molar-refractivity contribution in [3.63, 3.8) is 0 Å². The number of pyridine rings is 1. The maximum absolute atomic E-state index is 6.75. The summed E-state index contributed by atoms with van der Waals surface area (Å²) in [6, 6.07) is 63.1. The molecule has 0 spiro atoms. The quantitative estimate of drug-likeness (QED) is 0.161. The number of anilines is 4. The first-order chi connectivity index (χ1) is 29.5. The molecule has 5 heteroatoms. The van der Waals surface area contributed by atoms with Gasteiger partial charge in [-0.3, -0.25) is 4.57 Å². The van der Waals surface area contributed by atoms with E-state index < -0.39 is 0 Å². The Hall–Kier alpha value is -7.11. The molecule has 3 heterocycles. The third kappa shape index (κ3) is 7.10. The van der Waals surface area contributed by atoms with E-state index in [1.54, 1.807) is 0 Å². The highest BCUT2D eigenvalue weighted by Crippen LogP contribution is 2.48. The molecule has 0 unspecified atom stereocenters. The summed E-state index contributed by atoms with van der Waals surface area (Å²) in [5.74, 6) is 2.44. The first-order valence-corrected chi connectivity index (χ1v) is 21.2. The third-order valence-electron chi connectivity index (χ3n) is 12.0. The average molecular weight is 795 g/mol. The molecule has 0 atom stereocenters. The van der Waals surface area contributed by atoms with E-state index in [0.717, 1.165) is 45.1 Å². The Morgan fingerprint density at radius 3 is 1.92 bits per heavy atom. The molecular formula is C56H50N4O. The lowest BCUT2D eigenvalue weighted by Gasteiger charge is -2.28. The molecule has 0 N–H and O–H groups in total. The summed E-state index contributed by atoms with van der Waals surface area (Å²) >= 11 is 0. The monoisotopic (exact) mass is 794 g/mol. The maximum Gasteiger partial charge on any atom is 0.137 e. The normalized spacial score (nSPS) is 13.0. The SMILES string of the molecule is CC(C)(C)c1ccnc(-n2c3ccccc3c3ccc(Oc4cccc(N5CN(c6cc(C(C)(C)C)ccc6-c6cccc(-c7ccccc7)c6)c6ccccc65)c4)cc32)c1. The van der Waals surface area contributed by atoms with Crippen LogP contribution in [0.2, 0.25) is 0 Å². The number of hydrogen-bond acceptors (Lipinski definition) is 4. The van der Waals surface area contributed by atoms with E-state index in [-0.39, 0.29) is 10.8 Å². The van der Waals surface area contributed by atoms with Gasteiger partial charge in [0.05, 0.1) is 28.1 Å². The number of benzene rings is 7. The molecule has 9 aromatic rings. The van der Waals surface area contributed by atoms with Gasteiger partial charge in [-0.15, -0.1) is 0 Å². The third-order valence-corrected chi connectivity index (χ3v) is 12.0. The molecule has 5 nitrogen and oxygen atoms in total. The van der Waals surface area contributed by atoms with Crippen molar-refractivity contribution in [2.24, 2.45) is 0 Å². The summed E-state index contributed by atoms with van der Waals surface area (Å²) in [6.45, 7) is 14.2. The highest BCUT2D eigenvalue weighted by atomic mass is 16.5. The van der Waals surface area contributed by atoms with Gasteiger partial charge in [-0.1, -0.05) is 139 Å². The molecule has 10 rings (SSSR count). The maximum atomic E-state index is 6.75. The van der Waals surface area contributed by atoms with Crippen LogP contribution in [0.4, 0.5) is 22.7 Å². The summed E-state index contributed by atoms with van der Waals surface area (Å²) in [7, 11) is 0. The Kier molecular flexibility index (Phi) is 9.29. The Balaban J connectivity index is 1.01. The summed E-state index contributed by atoms with van der Waals surface area (Å²) in [4.78, 5) is 9.74. The zero-order valence-corrected chi connectivity index (χ0v) is 35.7. The van der Waals surface area contributed by atoms with Gasteiger partial charge >= 0.3 is 0 Å². The van der Waals surface area contributed by atoms with Crippen LogP contribution in [0.15, 0.2) is 182 Å². The lowest BCUT2D eigenvalue weighted by atomic mass is 9.85. The molecule has 61 heavy (non-hydrogen) atoms. The van der Waals surface area contributed by atoms with E-state index in [9.17, 15) is 0 Å². The van der Waals surface area contributed by atoms with Crippen molar-refractivity contribution in [1.82, 2.24) is 9.55 Å². The topological polar surface area (TPSA) is 33.5 Å². The molecule has 0 bridgehead atoms. The van der Waals surface area contributed by atoms with Crippen LogP contribution in [-0.4, -0.2) is 16.2 Å². The first kappa shape index (κ1) is 38.1. The Morgan fingerprint density at radius 1 is 0.459 bits per heavy atom. The van der Waals surface area contributed by atoms with Gasteiger partial charge in [0.15, 0.2) is 0 Å². The fraction of sp³-hybridized carbons (Fsp3) is 0.161. The Labute approximate surface area is 359 Å². The molecular weight excluding hydrogens is 745 g/mol. The van der Waals surface area contributed by atoms with Crippen molar-refractivity contribution in [2.45, 2.75) is 52.4 Å². The number of para-hydroxylation sites is 3. The summed E-state index contributed by atoms with van der Waals surface area (Å²) in [5, 5.41) is 2.35. The van der Waals surface area contributed by atoms with Crippen LogP contribution >= 0.6 is 0 Å².